The predicted octanol–water partition coefficient (Wildman–Crippen LogP) is 1.18. The van der Waals surface area contributed by atoms with Gasteiger partial charge in [0, 0.05) is 25.7 Å². The average molecular weight is 307 g/mol. The van der Waals surface area contributed by atoms with Crippen molar-refractivity contribution in [3.05, 3.63) is 16.6 Å². The lowest BCUT2D eigenvalue weighted by molar-refractivity contribution is 0.201. The molecule has 1 amide bonds. The molecule has 0 aliphatic carbocycles. The molecule has 22 heavy (non-hydrogen) atoms. The highest BCUT2D eigenvalue weighted by atomic mass is 16.5. The van der Waals surface area contributed by atoms with Crippen LogP contribution in [-0.2, 0) is 0 Å². The summed E-state index contributed by atoms with van der Waals surface area (Å²) in [6, 6.07) is 1.63. The van der Waals surface area contributed by atoms with E-state index in [0.29, 0.717) is 5.82 Å². The molecule has 0 unspecified atom stereocenters. The fourth-order valence-electron chi connectivity index (χ4n) is 2.66. The first-order chi connectivity index (χ1) is 10.6. The minimum atomic E-state index is -1.13. The van der Waals surface area contributed by atoms with Crippen LogP contribution in [0.4, 0.5) is 16.4 Å². The number of hydrogen-bond acceptors (Lipinski definition) is 6. The summed E-state index contributed by atoms with van der Waals surface area (Å²) in [5.74, 6) is 0.117. The van der Waals surface area contributed by atoms with E-state index < -0.39 is 11.8 Å². The first kappa shape index (κ1) is 14.4. The Bertz CT molecular complexity index is 746. The van der Waals surface area contributed by atoms with E-state index in [0.717, 1.165) is 35.4 Å². The number of hydrogen-bond donors (Lipinski definition) is 1. The topological polar surface area (TPSA) is 104 Å². The summed E-state index contributed by atoms with van der Waals surface area (Å²) in [6.07, 6.45) is 2.16. The number of amides is 1. The van der Waals surface area contributed by atoms with Gasteiger partial charge >= 0.3 is 11.8 Å². The minimum Gasteiger partial charge on any atom is -0.465 e. The van der Waals surface area contributed by atoms with Gasteiger partial charge in [-0.2, -0.15) is 4.98 Å². The minimum absolute atomic E-state index is 0.0720. The third kappa shape index (κ3) is 2.49. The number of carbonyl (C=O) groups is 1. The van der Waals surface area contributed by atoms with Crippen LogP contribution in [-0.4, -0.2) is 45.4 Å². The zero-order chi connectivity index (χ0) is 15.7. The Kier molecular flexibility index (Phi) is 3.70. The van der Waals surface area contributed by atoms with Gasteiger partial charge in [-0.05, 0) is 26.2 Å². The van der Waals surface area contributed by atoms with Crippen molar-refractivity contribution in [2.24, 2.45) is 0 Å². The van der Waals surface area contributed by atoms with Gasteiger partial charge in [0.15, 0.2) is 5.82 Å². The molecule has 0 saturated carbocycles. The van der Waals surface area contributed by atoms with Crippen molar-refractivity contribution in [2.75, 3.05) is 29.4 Å². The fourth-order valence-corrected chi connectivity index (χ4v) is 2.66. The highest BCUT2D eigenvalue weighted by molar-refractivity contribution is 5.85. The van der Waals surface area contributed by atoms with Crippen LogP contribution in [0.2, 0.25) is 0 Å². The third-order valence-corrected chi connectivity index (χ3v) is 3.73. The quantitative estimate of drug-likeness (QED) is 0.907. The van der Waals surface area contributed by atoms with Crippen LogP contribution < -0.4 is 15.6 Å². The molecule has 9 nitrogen and oxygen atoms in total. The second-order valence-corrected chi connectivity index (χ2v) is 5.11. The lowest BCUT2D eigenvalue weighted by atomic mass is 10.1. The Morgan fingerprint density at radius 1 is 1.36 bits per heavy atom. The van der Waals surface area contributed by atoms with E-state index in [1.165, 1.54) is 6.42 Å². The highest BCUT2D eigenvalue weighted by Crippen LogP contribution is 2.24. The Balaban J connectivity index is 2.14. The van der Waals surface area contributed by atoms with Crippen molar-refractivity contribution in [3.8, 4) is 0 Å². The van der Waals surface area contributed by atoms with Crippen molar-refractivity contribution < 1.29 is 14.4 Å². The molecule has 3 heterocycles. The maximum atomic E-state index is 11.4. The molecule has 118 valence electrons. The van der Waals surface area contributed by atoms with Crippen LogP contribution in [0, 0.1) is 0 Å². The number of anilines is 2. The van der Waals surface area contributed by atoms with Gasteiger partial charge in [0.1, 0.15) is 5.82 Å². The summed E-state index contributed by atoms with van der Waals surface area (Å²) in [4.78, 5) is 34.0. The number of piperidine rings is 1. The molecular formula is C13H17N5O4. The monoisotopic (exact) mass is 307 g/mol. The zero-order valence-electron chi connectivity index (χ0n) is 12.2. The van der Waals surface area contributed by atoms with E-state index in [1.807, 2.05) is 0 Å². The Labute approximate surface area is 125 Å². The van der Waals surface area contributed by atoms with Crippen LogP contribution in [0.1, 0.15) is 26.2 Å². The van der Waals surface area contributed by atoms with E-state index in [4.69, 9.17) is 4.52 Å². The standard InChI is InChI=1S/C13H17N5O4/c1-2-17(13(20)21)10-8-9(16-6-4-3-5-7-16)14-11-15-12(19)22-18(10)11/h8H,2-7H2,1H3,(H,20,21). The van der Waals surface area contributed by atoms with Gasteiger partial charge in [-0.1, -0.05) is 0 Å². The van der Waals surface area contributed by atoms with Gasteiger partial charge in [-0.15, -0.1) is 9.56 Å². The molecule has 0 radical (unpaired) electrons. The lowest BCUT2D eigenvalue weighted by Crippen LogP contribution is -2.33. The second kappa shape index (κ2) is 5.66. The molecule has 3 rings (SSSR count). The molecule has 0 atom stereocenters. The molecule has 1 fully saturated rings. The van der Waals surface area contributed by atoms with Crippen LogP contribution in [0.25, 0.3) is 5.78 Å². The molecule has 0 spiro atoms. The average Bonchev–Trinajstić information content (AvgIpc) is 2.88. The SMILES string of the molecule is CCN(C(=O)O)c1cc(N2CCCCC2)nc2nc(=O)on12. The summed E-state index contributed by atoms with van der Waals surface area (Å²) in [5, 5.41) is 9.33. The smallest absolute Gasteiger partial charge is 0.461 e. The first-order valence-electron chi connectivity index (χ1n) is 7.26. The van der Waals surface area contributed by atoms with Crippen LogP contribution >= 0.6 is 0 Å². The second-order valence-electron chi connectivity index (χ2n) is 5.11. The Morgan fingerprint density at radius 2 is 2.09 bits per heavy atom. The fraction of sp³-hybridized carbons (Fsp3) is 0.538. The van der Waals surface area contributed by atoms with E-state index >= 15 is 0 Å². The summed E-state index contributed by atoms with van der Waals surface area (Å²) in [5.41, 5.74) is 0. The first-order valence-corrected chi connectivity index (χ1v) is 7.26. The summed E-state index contributed by atoms with van der Waals surface area (Å²) in [6.45, 7) is 3.62. The maximum absolute atomic E-state index is 11.4. The molecule has 1 aliphatic rings. The van der Waals surface area contributed by atoms with Gasteiger partial charge in [-0.3, -0.25) is 4.90 Å². The number of carboxylic acid groups (broad SMARTS) is 1. The molecule has 9 heteroatoms. The van der Waals surface area contributed by atoms with E-state index in [-0.39, 0.29) is 18.1 Å². The van der Waals surface area contributed by atoms with Crippen LogP contribution in [0.3, 0.4) is 0 Å². The maximum Gasteiger partial charge on any atom is 0.461 e. The van der Waals surface area contributed by atoms with Gasteiger partial charge in [0.25, 0.3) is 5.78 Å². The van der Waals surface area contributed by atoms with Crippen molar-refractivity contribution in [1.82, 2.24) is 14.5 Å². The van der Waals surface area contributed by atoms with Gasteiger partial charge < -0.3 is 14.5 Å². The third-order valence-electron chi connectivity index (χ3n) is 3.73. The van der Waals surface area contributed by atoms with Crippen molar-refractivity contribution >= 4 is 23.5 Å². The van der Waals surface area contributed by atoms with Crippen molar-refractivity contribution in [3.63, 3.8) is 0 Å². The lowest BCUT2D eigenvalue weighted by Gasteiger charge is -2.28. The molecule has 2 aromatic rings. The summed E-state index contributed by atoms with van der Waals surface area (Å²) >= 11 is 0. The molecule has 1 N–H and O–H groups in total. The van der Waals surface area contributed by atoms with Crippen molar-refractivity contribution in [2.45, 2.75) is 26.2 Å². The molecule has 1 saturated heterocycles. The number of aromatic nitrogens is 3. The number of nitrogens with zero attached hydrogens (tertiary/aromatic N) is 5. The molecule has 0 bridgehead atoms. The normalized spacial score (nSPS) is 15.2. The molecule has 1 aliphatic heterocycles. The Hall–Kier alpha value is -2.58. The predicted molar refractivity (Wildman–Crippen MR) is 78.6 cm³/mol. The van der Waals surface area contributed by atoms with Gasteiger partial charge in [-0.25, -0.2) is 9.59 Å². The largest absolute Gasteiger partial charge is 0.465 e. The highest BCUT2D eigenvalue weighted by Gasteiger charge is 2.22. The zero-order valence-corrected chi connectivity index (χ0v) is 12.2. The van der Waals surface area contributed by atoms with Crippen LogP contribution in [0.15, 0.2) is 15.4 Å². The van der Waals surface area contributed by atoms with Crippen molar-refractivity contribution in [1.29, 1.82) is 0 Å². The number of rotatable bonds is 3. The Morgan fingerprint density at radius 3 is 2.73 bits per heavy atom. The van der Waals surface area contributed by atoms with E-state index in [2.05, 4.69) is 14.9 Å². The summed E-state index contributed by atoms with van der Waals surface area (Å²) in [7, 11) is 0. The number of fused-ring (bicyclic) bond motifs is 1. The van der Waals surface area contributed by atoms with Gasteiger partial charge in [0.2, 0.25) is 0 Å². The van der Waals surface area contributed by atoms with Gasteiger partial charge in [0.05, 0.1) is 0 Å². The molecule has 0 aromatic carbocycles. The van der Waals surface area contributed by atoms with Crippen LogP contribution in [0.5, 0.6) is 0 Å². The van der Waals surface area contributed by atoms with E-state index in [9.17, 15) is 14.7 Å². The molecular weight excluding hydrogens is 290 g/mol. The van der Waals surface area contributed by atoms with E-state index in [1.54, 1.807) is 13.0 Å². The summed E-state index contributed by atoms with van der Waals surface area (Å²) < 4.78 is 6.00. The molecule has 2 aromatic heterocycles.